The van der Waals surface area contributed by atoms with Crippen LogP contribution in [0.25, 0.3) is 0 Å². The maximum absolute atomic E-state index is 13.5. The maximum atomic E-state index is 13.5. The Bertz CT molecular complexity index is 754. The Hall–Kier alpha value is -1.43. The van der Waals surface area contributed by atoms with Gasteiger partial charge in [-0.2, -0.15) is 0 Å². The second-order valence-electron chi connectivity index (χ2n) is 6.17. The quantitative estimate of drug-likeness (QED) is 0.718. The van der Waals surface area contributed by atoms with E-state index >= 15 is 0 Å². The lowest BCUT2D eigenvalue weighted by Crippen LogP contribution is -2.35. The number of carbonyl (C=O) groups is 1. The number of benzene rings is 2. The molecule has 1 amide bonds. The van der Waals surface area contributed by atoms with Crippen LogP contribution in [0.4, 0.5) is 4.39 Å². The van der Waals surface area contributed by atoms with Crippen molar-refractivity contribution in [2.75, 3.05) is 26.2 Å². The third-order valence-electron chi connectivity index (χ3n) is 4.35. The summed E-state index contributed by atoms with van der Waals surface area (Å²) in [5.41, 5.74) is 1.59. The molecule has 0 spiro atoms. The van der Waals surface area contributed by atoms with E-state index in [9.17, 15) is 9.18 Å². The number of nitrogens with zero attached hydrogens (tertiary/aromatic N) is 2. The van der Waals surface area contributed by atoms with Gasteiger partial charge in [-0.3, -0.25) is 9.69 Å². The minimum Gasteiger partial charge on any atom is -0.337 e. The number of hydrogen-bond donors (Lipinski definition) is 0. The van der Waals surface area contributed by atoms with Crippen molar-refractivity contribution in [1.82, 2.24) is 9.80 Å². The van der Waals surface area contributed by atoms with Crippen molar-refractivity contribution in [3.8, 4) is 0 Å². The van der Waals surface area contributed by atoms with E-state index in [0.717, 1.165) is 31.1 Å². The third-order valence-corrected chi connectivity index (χ3v) is 5.30. The molecule has 1 aliphatic rings. The fraction of sp³-hybridized carbons (Fsp3) is 0.316. The van der Waals surface area contributed by atoms with Crippen LogP contribution in [0.3, 0.4) is 0 Å². The highest BCUT2D eigenvalue weighted by Gasteiger charge is 2.22. The Kier molecular flexibility index (Phi) is 6.10. The van der Waals surface area contributed by atoms with E-state index in [1.807, 2.05) is 24.3 Å². The molecule has 0 unspecified atom stereocenters. The summed E-state index contributed by atoms with van der Waals surface area (Å²) in [6, 6.07) is 12.1. The second-order valence-corrected chi connectivity index (χ2v) is 7.46. The van der Waals surface area contributed by atoms with E-state index in [1.165, 1.54) is 17.7 Å². The van der Waals surface area contributed by atoms with E-state index < -0.39 is 5.82 Å². The average molecular weight is 426 g/mol. The van der Waals surface area contributed by atoms with Crippen LogP contribution in [0, 0.1) is 5.82 Å². The molecule has 0 atom stereocenters. The minimum absolute atomic E-state index is 0.125. The maximum Gasteiger partial charge on any atom is 0.255 e. The summed E-state index contributed by atoms with van der Waals surface area (Å²) in [6.07, 6.45) is 0.895. The van der Waals surface area contributed by atoms with Gasteiger partial charge in [-0.15, -0.1) is 0 Å². The van der Waals surface area contributed by atoms with Crippen molar-refractivity contribution in [2.45, 2.75) is 13.0 Å². The highest BCUT2D eigenvalue weighted by molar-refractivity contribution is 9.10. The lowest BCUT2D eigenvalue weighted by atomic mass is 10.2. The Morgan fingerprint density at radius 1 is 1.08 bits per heavy atom. The van der Waals surface area contributed by atoms with Gasteiger partial charge in [0.25, 0.3) is 5.91 Å². The monoisotopic (exact) mass is 424 g/mol. The van der Waals surface area contributed by atoms with Crippen LogP contribution < -0.4 is 0 Å². The van der Waals surface area contributed by atoms with Crippen LogP contribution in [0.2, 0.25) is 5.02 Å². The van der Waals surface area contributed by atoms with E-state index in [1.54, 1.807) is 11.0 Å². The van der Waals surface area contributed by atoms with E-state index in [-0.39, 0.29) is 5.91 Å². The smallest absolute Gasteiger partial charge is 0.255 e. The van der Waals surface area contributed by atoms with Crippen molar-refractivity contribution in [2.24, 2.45) is 0 Å². The fourth-order valence-electron chi connectivity index (χ4n) is 3.01. The van der Waals surface area contributed by atoms with Gasteiger partial charge in [-0.25, -0.2) is 4.39 Å². The van der Waals surface area contributed by atoms with Gasteiger partial charge in [0.2, 0.25) is 0 Å². The second kappa shape index (κ2) is 8.30. The summed E-state index contributed by atoms with van der Waals surface area (Å²) in [5, 5.41) is 0.733. The van der Waals surface area contributed by atoms with Crippen LogP contribution in [0.5, 0.6) is 0 Å². The van der Waals surface area contributed by atoms with Gasteiger partial charge in [0.1, 0.15) is 5.82 Å². The number of amides is 1. The van der Waals surface area contributed by atoms with Crippen molar-refractivity contribution in [3.63, 3.8) is 0 Å². The van der Waals surface area contributed by atoms with Crippen molar-refractivity contribution in [1.29, 1.82) is 0 Å². The van der Waals surface area contributed by atoms with Gasteiger partial charge in [-0.1, -0.05) is 23.7 Å². The molecular weight excluding hydrogens is 407 g/mol. The largest absolute Gasteiger partial charge is 0.337 e. The molecule has 2 aromatic carbocycles. The Morgan fingerprint density at radius 2 is 1.84 bits per heavy atom. The standard InChI is InChI=1S/C19H19BrClFN2O/c20-18-7-6-16(22)12-17(18)19(25)24-9-1-8-23(10-11-24)13-14-2-4-15(21)5-3-14/h2-7,12H,1,8-11,13H2. The molecular formula is C19H19BrClFN2O. The fourth-order valence-corrected chi connectivity index (χ4v) is 3.55. The Balaban J connectivity index is 1.64. The molecule has 6 heteroatoms. The van der Waals surface area contributed by atoms with E-state index in [2.05, 4.69) is 20.8 Å². The Morgan fingerprint density at radius 3 is 2.60 bits per heavy atom. The number of rotatable bonds is 3. The Labute approximate surface area is 160 Å². The first kappa shape index (κ1) is 18.4. The van der Waals surface area contributed by atoms with Crippen molar-refractivity contribution < 1.29 is 9.18 Å². The highest BCUT2D eigenvalue weighted by Crippen LogP contribution is 2.21. The molecule has 1 fully saturated rings. The summed E-state index contributed by atoms with van der Waals surface area (Å²) in [6.45, 7) is 3.87. The zero-order valence-corrected chi connectivity index (χ0v) is 16.1. The molecule has 0 saturated carbocycles. The molecule has 1 aliphatic heterocycles. The first-order valence-electron chi connectivity index (χ1n) is 8.24. The summed E-state index contributed by atoms with van der Waals surface area (Å²) >= 11 is 9.27. The molecule has 1 heterocycles. The van der Waals surface area contributed by atoms with Crippen LogP contribution >= 0.6 is 27.5 Å². The highest BCUT2D eigenvalue weighted by atomic mass is 79.9. The van der Waals surface area contributed by atoms with Crippen molar-refractivity contribution >= 4 is 33.4 Å². The van der Waals surface area contributed by atoms with Gasteiger partial charge in [-0.05, 0) is 58.2 Å². The molecule has 0 aromatic heterocycles. The molecule has 3 nitrogen and oxygen atoms in total. The number of hydrogen-bond acceptors (Lipinski definition) is 2. The SMILES string of the molecule is O=C(c1cc(F)ccc1Br)N1CCCN(Cc2ccc(Cl)cc2)CC1. The normalized spacial score (nSPS) is 15.9. The molecule has 0 aliphatic carbocycles. The van der Waals surface area contributed by atoms with Crippen LogP contribution in [0.15, 0.2) is 46.9 Å². The topological polar surface area (TPSA) is 23.6 Å². The lowest BCUT2D eigenvalue weighted by Gasteiger charge is -2.22. The molecule has 1 saturated heterocycles. The van der Waals surface area contributed by atoms with Gasteiger partial charge >= 0.3 is 0 Å². The van der Waals surface area contributed by atoms with Gasteiger partial charge in [0.05, 0.1) is 5.56 Å². The number of carbonyl (C=O) groups excluding carboxylic acids is 1. The van der Waals surface area contributed by atoms with Gasteiger partial charge in [0, 0.05) is 42.2 Å². The predicted molar refractivity (Wildman–Crippen MR) is 101 cm³/mol. The minimum atomic E-state index is -0.397. The molecule has 0 radical (unpaired) electrons. The first-order chi connectivity index (χ1) is 12.0. The molecule has 2 aromatic rings. The predicted octanol–water partition coefficient (Wildman–Crippen LogP) is 4.59. The van der Waals surface area contributed by atoms with Gasteiger partial charge in [0.15, 0.2) is 0 Å². The molecule has 132 valence electrons. The average Bonchev–Trinajstić information content (AvgIpc) is 2.84. The van der Waals surface area contributed by atoms with Crippen LogP contribution in [-0.4, -0.2) is 41.9 Å². The third kappa shape index (κ3) is 4.81. The van der Waals surface area contributed by atoms with Crippen LogP contribution in [-0.2, 0) is 6.54 Å². The number of halogens is 3. The zero-order chi connectivity index (χ0) is 17.8. The molecule has 3 rings (SSSR count). The van der Waals surface area contributed by atoms with Gasteiger partial charge < -0.3 is 4.90 Å². The molecule has 0 bridgehead atoms. The first-order valence-corrected chi connectivity index (χ1v) is 9.41. The molecule has 25 heavy (non-hydrogen) atoms. The van der Waals surface area contributed by atoms with E-state index in [4.69, 9.17) is 11.6 Å². The zero-order valence-electron chi connectivity index (χ0n) is 13.7. The summed E-state index contributed by atoms with van der Waals surface area (Å²) < 4.78 is 14.1. The summed E-state index contributed by atoms with van der Waals surface area (Å²) in [5.74, 6) is -0.523. The summed E-state index contributed by atoms with van der Waals surface area (Å²) in [4.78, 5) is 16.9. The lowest BCUT2D eigenvalue weighted by molar-refractivity contribution is 0.0759. The molecule has 0 N–H and O–H groups in total. The van der Waals surface area contributed by atoms with E-state index in [0.29, 0.717) is 23.1 Å². The summed E-state index contributed by atoms with van der Waals surface area (Å²) in [7, 11) is 0. The van der Waals surface area contributed by atoms with Crippen molar-refractivity contribution in [3.05, 3.63) is 68.9 Å². The van der Waals surface area contributed by atoms with Crippen LogP contribution in [0.1, 0.15) is 22.3 Å².